The van der Waals surface area contributed by atoms with Gasteiger partial charge in [-0.05, 0) is 43.8 Å². The molecular formula is C11H16ClNOS. The fraction of sp³-hybridized carbons (Fsp3) is 0.455. The fourth-order valence-corrected chi connectivity index (χ4v) is 2.42. The predicted octanol–water partition coefficient (Wildman–Crippen LogP) is 2.45. The number of halogens is 1. The molecule has 2 nitrogen and oxygen atoms in total. The minimum Gasteiger partial charge on any atom is -0.317 e. The lowest BCUT2D eigenvalue weighted by atomic mass is 10.4. The number of hydrogen-bond acceptors (Lipinski definition) is 2. The van der Waals surface area contributed by atoms with Gasteiger partial charge in [0, 0.05) is 15.7 Å². The molecule has 1 rings (SSSR count). The topological polar surface area (TPSA) is 29.1 Å². The molecule has 0 spiro atoms. The molecule has 0 aliphatic heterocycles. The minimum absolute atomic E-state index is 0.684. The molecule has 1 unspecified atom stereocenters. The summed E-state index contributed by atoms with van der Waals surface area (Å²) in [5, 5.41) is 3.89. The van der Waals surface area contributed by atoms with Gasteiger partial charge in [0.15, 0.2) is 0 Å². The van der Waals surface area contributed by atoms with Crippen molar-refractivity contribution in [2.45, 2.75) is 18.2 Å². The van der Waals surface area contributed by atoms with Crippen LogP contribution in [0.25, 0.3) is 0 Å². The third-order valence-electron chi connectivity index (χ3n) is 2.01. The van der Waals surface area contributed by atoms with E-state index in [2.05, 4.69) is 12.2 Å². The highest BCUT2D eigenvalue weighted by Crippen LogP contribution is 2.13. The Morgan fingerprint density at radius 3 is 2.60 bits per heavy atom. The molecule has 15 heavy (non-hydrogen) atoms. The first-order valence-electron chi connectivity index (χ1n) is 5.08. The first-order chi connectivity index (χ1) is 7.24. The average Bonchev–Trinajstić information content (AvgIpc) is 2.25. The Hall–Kier alpha value is -0.380. The third-order valence-corrected chi connectivity index (χ3v) is 3.72. The number of hydrogen-bond donors (Lipinski definition) is 1. The van der Waals surface area contributed by atoms with E-state index in [1.807, 2.05) is 12.1 Å². The Kier molecular flexibility index (Phi) is 5.91. The van der Waals surface area contributed by atoms with Crippen molar-refractivity contribution in [1.82, 2.24) is 5.32 Å². The van der Waals surface area contributed by atoms with Gasteiger partial charge in [0.05, 0.1) is 10.8 Å². The maximum Gasteiger partial charge on any atom is 0.0529 e. The van der Waals surface area contributed by atoms with Crippen molar-refractivity contribution in [2.75, 3.05) is 18.8 Å². The molecular weight excluding hydrogens is 230 g/mol. The summed E-state index contributed by atoms with van der Waals surface area (Å²) in [5.41, 5.74) is 0. The summed E-state index contributed by atoms with van der Waals surface area (Å²) in [4.78, 5) is 0.857. The van der Waals surface area contributed by atoms with Gasteiger partial charge in [-0.2, -0.15) is 0 Å². The van der Waals surface area contributed by atoms with Gasteiger partial charge in [0.2, 0.25) is 0 Å². The van der Waals surface area contributed by atoms with E-state index < -0.39 is 10.8 Å². The summed E-state index contributed by atoms with van der Waals surface area (Å²) in [6, 6.07) is 7.20. The van der Waals surface area contributed by atoms with Crippen molar-refractivity contribution in [3.05, 3.63) is 29.3 Å². The van der Waals surface area contributed by atoms with Crippen LogP contribution in [0.4, 0.5) is 0 Å². The van der Waals surface area contributed by atoms with E-state index in [0.717, 1.165) is 24.4 Å². The van der Waals surface area contributed by atoms with Gasteiger partial charge in [-0.25, -0.2) is 0 Å². The first kappa shape index (κ1) is 12.7. The second-order valence-corrected chi connectivity index (χ2v) is 5.22. The zero-order chi connectivity index (χ0) is 11.1. The van der Waals surface area contributed by atoms with Crippen molar-refractivity contribution in [1.29, 1.82) is 0 Å². The van der Waals surface area contributed by atoms with E-state index in [4.69, 9.17) is 11.6 Å². The summed E-state index contributed by atoms with van der Waals surface area (Å²) in [5.74, 6) is 0.703. The van der Waals surface area contributed by atoms with Crippen LogP contribution < -0.4 is 5.32 Å². The van der Waals surface area contributed by atoms with Crippen LogP contribution in [0.1, 0.15) is 13.3 Å². The van der Waals surface area contributed by atoms with Gasteiger partial charge >= 0.3 is 0 Å². The Balaban J connectivity index is 2.37. The molecule has 0 saturated carbocycles. The van der Waals surface area contributed by atoms with Crippen molar-refractivity contribution in [3.8, 4) is 0 Å². The van der Waals surface area contributed by atoms with E-state index in [1.54, 1.807) is 12.1 Å². The van der Waals surface area contributed by atoms with Crippen LogP contribution >= 0.6 is 11.6 Å². The van der Waals surface area contributed by atoms with E-state index in [1.165, 1.54) is 0 Å². The Labute approximate surface area is 98.5 Å². The Morgan fingerprint density at radius 1 is 1.33 bits per heavy atom. The number of nitrogens with one attached hydrogen (secondary N) is 1. The third kappa shape index (κ3) is 4.78. The molecule has 0 bridgehead atoms. The standard InChI is InChI=1S/C11H16ClNOS/c1-2-13-8-3-9-15(14)11-6-4-10(12)5-7-11/h4-7,13H,2-3,8-9H2,1H3. The van der Waals surface area contributed by atoms with Crippen LogP contribution in [0.2, 0.25) is 5.02 Å². The number of rotatable bonds is 6. The largest absolute Gasteiger partial charge is 0.317 e. The van der Waals surface area contributed by atoms with Gasteiger partial charge in [0.1, 0.15) is 0 Å². The lowest BCUT2D eigenvalue weighted by Gasteiger charge is -2.03. The molecule has 0 heterocycles. The van der Waals surface area contributed by atoms with Crippen LogP contribution in [0.5, 0.6) is 0 Å². The monoisotopic (exact) mass is 245 g/mol. The minimum atomic E-state index is -0.894. The van der Waals surface area contributed by atoms with Gasteiger partial charge < -0.3 is 5.32 Å². The predicted molar refractivity (Wildman–Crippen MR) is 65.9 cm³/mol. The van der Waals surface area contributed by atoms with E-state index in [-0.39, 0.29) is 0 Å². The van der Waals surface area contributed by atoms with Gasteiger partial charge in [-0.3, -0.25) is 4.21 Å². The second-order valence-electron chi connectivity index (χ2n) is 3.21. The molecule has 1 aromatic carbocycles. The summed E-state index contributed by atoms with van der Waals surface area (Å²) in [6.07, 6.45) is 0.934. The van der Waals surface area contributed by atoms with Crippen LogP contribution in [0, 0.1) is 0 Å². The molecule has 4 heteroatoms. The van der Waals surface area contributed by atoms with Gasteiger partial charge in [-0.1, -0.05) is 18.5 Å². The molecule has 0 fully saturated rings. The molecule has 0 saturated heterocycles. The molecule has 0 aliphatic rings. The van der Waals surface area contributed by atoms with Crippen molar-refractivity contribution in [2.24, 2.45) is 0 Å². The summed E-state index contributed by atoms with van der Waals surface area (Å²) >= 11 is 5.75. The summed E-state index contributed by atoms with van der Waals surface area (Å²) in [7, 11) is -0.894. The molecule has 0 aromatic heterocycles. The zero-order valence-corrected chi connectivity index (χ0v) is 10.4. The van der Waals surface area contributed by atoms with Gasteiger partial charge in [0.25, 0.3) is 0 Å². The summed E-state index contributed by atoms with van der Waals surface area (Å²) in [6.45, 7) is 3.96. The van der Waals surface area contributed by atoms with Crippen LogP contribution in [-0.4, -0.2) is 23.1 Å². The van der Waals surface area contributed by atoms with Crippen LogP contribution in [-0.2, 0) is 10.8 Å². The average molecular weight is 246 g/mol. The highest BCUT2D eigenvalue weighted by atomic mass is 35.5. The zero-order valence-electron chi connectivity index (χ0n) is 8.83. The Morgan fingerprint density at radius 2 is 2.00 bits per heavy atom. The molecule has 1 N–H and O–H groups in total. The maximum absolute atomic E-state index is 11.8. The molecule has 1 atom stereocenters. The van der Waals surface area contributed by atoms with Crippen LogP contribution in [0.15, 0.2) is 29.2 Å². The number of benzene rings is 1. The van der Waals surface area contributed by atoms with Gasteiger partial charge in [-0.15, -0.1) is 0 Å². The van der Waals surface area contributed by atoms with E-state index in [0.29, 0.717) is 10.8 Å². The smallest absolute Gasteiger partial charge is 0.0529 e. The van der Waals surface area contributed by atoms with Crippen molar-refractivity contribution < 1.29 is 4.21 Å². The normalized spacial score (nSPS) is 12.7. The summed E-state index contributed by atoms with van der Waals surface area (Å²) < 4.78 is 11.8. The van der Waals surface area contributed by atoms with E-state index in [9.17, 15) is 4.21 Å². The SMILES string of the molecule is CCNCCCS(=O)c1ccc(Cl)cc1. The van der Waals surface area contributed by atoms with Crippen molar-refractivity contribution in [3.63, 3.8) is 0 Å². The van der Waals surface area contributed by atoms with Crippen LogP contribution in [0.3, 0.4) is 0 Å². The first-order valence-corrected chi connectivity index (χ1v) is 6.78. The highest BCUT2D eigenvalue weighted by Gasteiger charge is 2.02. The lowest BCUT2D eigenvalue weighted by molar-refractivity contribution is 0.670. The molecule has 0 radical (unpaired) electrons. The maximum atomic E-state index is 11.8. The quantitative estimate of drug-likeness (QED) is 0.780. The molecule has 1 aromatic rings. The molecule has 0 aliphatic carbocycles. The molecule has 0 amide bonds. The van der Waals surface area contributed by atoms with E-state index >= 15 is 0 Å². The van der Waals surface area contributed by atoms with Crippen molar-refractivity contribution >= 4 is 22.4 Å². The fourth-order valence-electron chi connectivity index (χ4n) is 1.21. The second kappa shape index (κ2) is 6.99. The Bertz CT molecular complexity index is 313. The lowest BCUT2D eigenvalue weighted by Crippen LogP contribution is -2.16. The highest BCUT2D eigenvalue weighted by molar-refractivity contribution is 7.85. The molecule has 84 valence electrons.